The minimum absolute atomic E-state index is 0.298. The number of halogens is 1. The minimum Gasteiger partial charge on any atom is -0.310 e. The Kier molecular flexibility index (Phi) is 4.04. The number of nitrogens with one attached hydrogen (secondary N) is 1. The van der Waals surface area contributed by atoms with Crippen LogP contribution in [0.15, 0.2) is 30.6 Å². The average Bonchev–Trinajstić information content (AvgIpc) is 2.77. The Labute approximate surface area is 106 Å². The van der Waals surface area contributed by atoms with Crippen molar-refractivity contribution in [1.82, 2.24) is 20.1 Å². The Morgan fingerprint density at radius 2 is 2.11 bits per heavy atom. The second kappa shape index (κ2) is 5.73. The third-order valence-electron chi connectivity index (χ3n) is 2.53. The zero-order valence-corrected chi connectivity index (χ0v) is 10.6. The third-order valence-corrected chi connectivity index (χ3v) is 2.53. The molecule has 96 valence electrons. The first-order valence-electron chi connectivity index (χ1n) is 6.03. The summed E-state index contributed by atoms with van der Waals surface area (Å²) >= 11 is 0. The van der Waals surface area contributed by atoms with Crippen LogP contribution in [0.5, 0.6) is 0 Å². The van der Waals surface area contributed by atoms with E-state index in [9.17, 15) is 4.39 Å². The lowest BCUT2D eigenvalue weighted by Crippen LogP contribution is -2.21. The SMILES string of the molecule is CC(C)CNCc1ncnn1-c1ccccc1F. The van der Waals surface area contributed by atoms with Gasteiger partial charge < -0.3 is 5.32 Å². The smallest absolute Gasteiger partial charge is 0.148 e. The van der Waals surface area contributed by atoms with Crippen LogP contribution < -0.4 is 5.32 Å². The van der Waals surface area contributed by atoms with Gasteiger partial charge in [-0.3, -0.25) is 0 Å². The fourth-order valence-corrected chi connectivity index (χ4v) is 1.68. The van der Waals surface area contributed by atoms with Gasteiger partial charge in [0.05, 0.1) is 6.54 Å². The monoisotopic (exact) mass is 248 g/mol. The van der Waals surface area contributed by atoms with Gasteiger partial charge in [0, 0.05) is 0 Å². The summed E-state index contributed by atoms with van der Waals surface area (Å²) in [6.07, 6.45) is 1.44. The van der Waals surface area contributed by atoms with Gasteiger partial charge in [0.15, 0.2) is 0 Å². The molecule has 5 heteroatoms. The van der Waals surface area contributed by atoms with Crippen molar-refractivity contribution >= 4 is 0 Å². The van der Waals surface area contributed by atoms with Gasteiger partial charge in [-0.1, -0.05) is 26.0 Å². The van der Waals surface area contributed by atoms with Crippen LogP contribution in [0.3, 0.4) is 0 Å². The van der Waals surface area contributed by atoms with Gasteiger partial charge in [-0.05, 0) is 24.6 Å². The second-order valence-corrected chi connectivity index (χ2v) is 4.56. The summed E-state index contributed by atoms with van der Waals surface area (Å²) in [6, 6.07) is 6.55. The van der Waals surface area contributed by atoms with Crippen LogP contribution in [-0.2, 0) is 6.54 Å². The van der Waals surface area contributed by atoms with Gasteiger partial charge in [-0.25, -0.2) is 14.1 Å². The summed E-state index contributed by atoms with van der Waals surface area (Å²) in [5, 5.41) is 7.34. The third kappa shape index (κ3) is 2.92. The van der Waals surface area contributed by atoms with E-state index in [1.54, 1.807) is 18.2 Å². The van der Waals surface area contributed by atoms with E-state index in [0.29, 0.717) is 24.0 Å². The van der Waals surface area contributed by atoms with Crippen LogP contribution in [0.1, 0.15) is 19.7 Å². The second-order valence-electron chi connectivity index (χ2n) is 4.56. The summed E-state index contributed by atoms with van der Waals surface area (Å²) in [5.41, 5.74) is 0.427. The number of benzene rings is 1. The van der Waals surface area contributed by atoms with Crippen LogP contribution in [0.2, 0.25) is 0 Å². The van der Waals surface area contributed by atoms with Gasteiger partial charge in [-0.2, -0.15) is 5.10 Å². The molecule has 4 nitrogen and oxygen atoms in total. The first-order valence-corrected chi connectivity index (χ1v) is 6.03. The largest absolute Gasteiger partial charge is 0.310 e. The van der Waals surface area contributed by atoms with Gasteiger partial charge >= 0.3 is 0 Å². The van der Waals surface area contributed by atoms with E-state index in [-0.39, 0.29) is 5.82 Å². The normalized spacial score (nSPS) is 11.1. The molecule has 0 spiro atoms. The molecule has 1 aromatic carbocycles. The Morgan fingerprint density at radius 3 is 2.83 bits per heavy atom. The quantitative estimate of drug-likeness (QED) is 0.881. The molecule has 0 atom stereocenters. The highest BCUT2D eigenvalue weighted by Gasteiger charge is 2.09. The number of aromatic nitrogens is 3. The lowest BCUT2D eigenvalue weighted by Gasteiger charge is -2.09. The van der Waals surface area contributed by atoms with Crippen LogP contribution in [0.4, 0.5) is 4.39 Å². The van der Waals surface area contributed by atoms with Crippen molar-refractivity contribution in [3.63, 3.8) is 0 Å². The molecule has 2 rings (SSSR count). The Hall–Kier alpha value is -1.75. The predicted octanol–water partition coefficient (Wildman–Crippen LogP) is 2.15. The lowest BCUT2D eigenvalue weighted by atomic mass is 10.2. The van der Waals surface area contributed by atoms with Crippen LogP contribution in [-0.4, -0.2) is 21.3 Å². The van der Waals surface area contributed by atoms with E-state index in [1.165, 1.54) is 17.1 Å². The molecular formula is C13H17FN4. The molecule has 0 aliphatic carbocycles. The summed E-state index contributed by atoms with van der Waals surface area (Å²) in [6.45, 7) is 5.74. The number of hydrogen-bond donors (Lipinski definition) is 1. The minimum atomic E-state index is -0.298. The molecule has 1 N–H and O–H groups in total. The molecule has 0 amide bonds. The first-order chi connectivity index (χ1) is 8.68. The highest BCUT2D eigenvalue weighted by Crippen LogP contribution is 2.12. The maximum atomic E-state index is 13.7. The van der Waals surface area contributed by atoms with Crippen molar-refractivity contribution in [2.24, 2.45) is 5.92 Å². The molecule has 1 heterocycles. The fourth-order valence-electron chi connectivity index (χ4n) is 1.68. The van der Waals surface area contributed by atoms with Crippen molar-refractivity contribution in [2.75, 3.05) is 6.54 Å². The summed E-state index contributed by atoms with van der Waals surface area (Å²) in [4.78, 5) is 4.15. The van der Waals surface area contributed by atoms with Gasteiger partial charge in [0.25, 0.3) is 0 Å². The van der Waals surface area contributed by atoms with E-state index in [0.717, 1.165) is 6.54 Å². The summed E-state index contributed by atoms with van der Waals surface area (Å²) < 4.78 is 15.2. The lowest BCUT2D eigenvalue weighted by molar-refractivity contribution is 0.534. The number of hydrogen-bond acceptors (Lipinski definition) is 3. The maximum absolute atomic E-state index is 13.7. The highest BCUT2D eigenvalue weighted by molar-refractivity contribution is 5.32. The standard InChI is InChI=1S/C13H17FN4/c1-10(2)7-15-8-13-16-9-17-18(13)12-6-4-3-5-11(12)14/h3-6,9-10,15H,7-8H2,1-2H3. The molecule has 0 saturated carbocycles. The average molecular weight is 248 g/mol. The molecule has 0 unspecified atom stereocenters. The van der Waals surface area contributed by atoms with E-state index >= 15 is 0 Å². The number of rotatable bonds is 5. The molecule has 0 fully saturated rings. The van der Waals surface area contributed by atoms with Crippen molar-refractivity contribution in [3.8, 4) is 5.69 Å². The number of nitrogens with zero attached hydrogens (tertiary/aromatic N) is 3. The van der Waals surface area contributed by atoms with Gasteiger partial charge in [-0.15, -0.1) is 0 Å². The predicted molar refractivity (Wildman–Crippen MR) is 67.9 cm³/mol. The molecular weight excluding hydrogens is 231 g/mol. The Bertz CT molecular complexity index is 507. The molecule has 2 aromatic rings. The topological polar surface area (TPSA) is 42.7 Å². The summed E-state index contributed by atoms with van der Waals surface area (Å²) in [5.74, 6) is 0.976. The molecule has 0 radical (unpaired) electrons. The van der Waals surface area contributed by atoms with Crippen molar-refractivity contribution in [2.45, 2.75) is 20.4 Å². The zero-order valence-electron chi connectivity index (χ0n) is 10.6. The molecule has 0 aliphatic heterocycles. The van der Waals surface area contributed by atoms with Gasteiger partial charge in [0.1, 0.15) is 23.7 Å². The van der Waals surface area contributed by atoms with E-state index in [2.05, 4.69) is 29.2 Å². The number of para-hydroxylation sites is 1. The van der Waals surface area contributed by atoms with Crippen molar-refractivity contribution in [3.05, 3.63) is 42.2 Å². The Balaban J connectivity index is 2.15. The summed E-state index contributed by atoms with van der Waals surface area (Å²) in [7, 11) is 0. The van der Waals surface area contributed by atoms with E-state index in [1.807, 2.05) is 0 Å². The molecule has 18 heavy (non-hydrogen) atoms. The molecule has 1 aromatic heterocycles. The maximum Gasteiger partial charge on any atom is 0.148 e. The van der Waals surface area contributed by atoms with Crippen molar-refractivity contribution < 1.29 is 4.39 Å². The van der Waals surface area contributed by atoms with E-state index < -0.39 is 0 Å². The molecule has 0 aliphatic rings. The Morgan fingerprint density at radius 1 is 1.33 bits per heavy atom. The first kappa shape index (κ1) is 12.7. The van der Waals surface area contributed by atoms with Crippen molar-refractivity contribution in [1.29, 1.82) is 0 Å². The fraction of sp³-hybridized carbons (Fsp3) is 0.385. The van der Waals surface area contributed by atoms with Crippen LogP contribution >= 0.6 is 0 Å². The van der Waals surface area contributed by atoms with Crippen LogP contribution in [0.25, 0.3) is 5.69 Å². The zero-order chi connectivity index (χ0) is 13.0. The molecule has 0 saturated heterocycles. The van der Waals surface area contributed by atoms with Crippen LogP contribution in [0, 0.1) is 11.7 Å². The van der Waals surface area contributed by atoms with E-state index in [4.69, 9.17) is 0 Å². The highest BCUT2D eigenvalue weighted by atomic mass is 19.1. The molecule has 0 bridgehead atoms. The van der Waals surface area contributed by atoms with Gasteiger partial charge in [0.2, 0.25) is 0 Å².